The number of amides is 2. The third-order valence-corrected chi connectivity index (χ3v) is 3.36. The minimum atomic E-state index is -0.685. The van der Waals surface area contributed by atoms with Gasteiger partial charge in [0.1, 0.15) is 5.82 Å². The van der Waals surface area contributed by atoms with Gasteiger partial charge in [0.2, 0.25) is 0 Å². The predicted octanol–water partition coefficient (Wildman–Crippen LogP) is 2.13. The Morgan fingerprint density at radius 1 is 1.09 bits per heavy atom. The lowest BCUT2D eigenvalue weighted by atomic mass is 10.2. The average molecular weight is 308 g/mol. The molecule has 0 aliphatic rings. The second-order valence-electron chi connectivity index (χ2n) is 5.18. The molecule has 3 N–H and O–H groups in total. The van der Waals surface area contributed by atoms with Crippen molar-refractivity contribution in [2.45, 2.75) is 13.5 Å². The summed E-state index contributed by atoms with van der Waals surface area (Å²) in [5.74, 6) is -0.521. The van der Waals surface area contributed by atoms with E-state index in [4.69, 9.17) is 0 Å². The van der Waals surface area contributed by atoms with Crippen molar-refractivity contribution in [1.82, 2.24) is 15.3 Å². The summed E-state index contributed by atoms with van der Waals surface area (Å²) in [6.07, 6.45) is 0. The fourth-order valence-electron chi connectivity index (χ4n) is 2.27. The Morgan fingerprint density at radius 2 is 1.87 bits per heavy atom. The van der Waals surface area contributed by atoms with Crippen LogP contribution in [0.15, 0.2) is 48.5 Å². The van der Waals surface area contributed by atoms with E-state index >= 15 is 0 Å². The summed E-state index contributed by atoms with van der Waals surface area (Å²) in [5, 5.41) is 5.15. The summed E-state index contributed by atoms with van der Waals surface area (Å²) in [6, 6.07) is 14.5. The van der Waals surface area contributed by atoms with Crippen LogP contribution in [0.2, 0.25) is 0 Å². The Balaban J connectivity index is 1.60. The van der Waals surface area contributed by atoms with E-state index in [9.17, 15) is 9.59 Å². The largest absolute Gasteiger partial charge is 0.344 e. The molecule has 1 heterocycles. The number of hydrogen-bond acceptors (Lipinski definition) is 3. The zero-order valence-corrected chi connectivity index (χ0v) is 12.6. The van der Waals surface area contributed by atoms with Gasteiger partial charge in [-0.05, 0) is 36.8 Å². The van der Waals surface area contributed by atoms with Crippen molar-refractivity contribution in [2.75, 3.05) is 5.32 Å². The molecule has 0 aliphatic heterocycles. The minimum Gasteiger partial charge on any atom is -0.344 e. The van der Waals surface area contributed by atoms with Crippen molar-refractivity contribution < 1.29 is 9.59 Å². The fraction of sp³-hybridized carbons (Fsp3) is 0.118. The quantitative estimate of drug-likeness (QED) is 0.648. The van der Waals surface area contributed by atoms with E-state index in [-0.39, 0.29) is 6.54 Å². The van der Waals surface area contributed by atoms with Gasteiger partial charge in [0.15, 0.2) is 0 Å². The zero-order chi connectivity index (χ0) is 16.2. The molecule has 6 nitrogen and oxygen atoms in total. The third-order valence-electron chi connectivity index (χ3n) is 3.36. The van der Waals surface area contributed by atoms with Gasteiger partial charge in [0, 0.05) is 12.2 Å². The van der Waals surface area contributed by atoms with Crippen LogP contribution in [-0.4, -0.2) is 21.8 Å². The minimum absolute atomic E-state index is 0.273. The van der Waals surface area contributed by atoms with Crippen molar-refractivity contribution in [3.63, 3.8) is 0 Å². The summed E-state index contributed by atoms with van der Waals surface area (Å²) in [6.45, 7) is 2.16. The van der Waals surface area contributed by atoms with Gasteiger partial charge in [0.05, 0.1) is 11.0 Å². The highest BCUT2D eigenvalue weighted by molar-refractivity contribution is 6.39. The maximum Gasteiger partial charge on any atom is 0.313 e. The number of rotatable bonds is 3. The topological polar surface area (TPSA) is 86.9 Å². The fourth-order valence-corrected chi connectivity index (χ4v) is 2.27. The van der Waals surface area contributed by atoms with E-state index < -0.39 is 11.8 Å². The summed E-state index contributed by atoms with van der Waals surface area (Å²) < 4.78 is 0. The Bertz CT molecular complexity index is 855. The molecule has 0 saturated heterocycles. The maximum absolute atomic E-state index is 11.8. The number of H-pyrrole nitrogens is 1. The molecule has 0 atom stereocenters. The Kier molecular flexibility index (Phi) is 4.05. The zero-order valence-electron chi connectivity index (χ0n) is 12.6. The lowest BCUT2D eigenvalue weighted by Gasteiger charge is -2.06. The highest BCUT2D eigenvalue weighted by Crippen LogP contribution is 2.13. The number of nitrogens with zero attached hydrogens (tertiary/aromatic N) is 1. The number of aryl methyl sites for hydroxylation is 1. The molecule has 0 aliphatic carbocycles. The van der Waals surface area contributed by atoms with Crippen molar-refractivity contribution in [2.24, 2.45) is 0 Å². The predicted molar refractivity (Wildman–Crippen MR) is 87.7 cm³/mol. The van der Waals surface area contributed by atoms with Crippen LogP contribution in [0.1, 0.15) is 11.4 Å². The molecule has 1 aromatic heterocycles. The van der Waals surface area contributed by atoms with Crippen LogP contribution in [0.25, 0.3) is 11.0 Å². The number of aromatic nitrogens is 2. The highest BCUT2D eigenvalue weighted by atomic mass is 16.2. The first-order valence-electron chi connectivity index (χ1n) is 7.21. The van der Waals surface area contributed by atoms with E-state index in [0.29, 0.717) is 5.69 Å². The van der Waals surface area contributed by atoms with Crippen LogP contribution in [0, 0.1) is 6.92 Å². The van der Waals surface area contributed by atoms with Gasteiger partial charge >= 0.3 is 11.8 Å². The molecule has 116 valence electrons. The molecule has 0 unspecified atom stereocenters. The number of hydrogen-bond donors (Lipinski definition) is 3. The van der Waals surface area contributed by atoms with Crippen LogP contribution < -0.4 is 10.6 Å². The van der Waals surface area contributed by atoms with Crippen LogP contribution in [0.4, 0.5) is 5.69 Å². The first-order chi connectivity index (χ1) is 11.1. The van der Waals surface area contributed by atoms with E-state index in [1.807, 2.05) is 31.2 Å². The van der Waals surface area contributed by atoms with E-state index in [1.54, 1.807) is 24.3 Å². The van der Waals surface area contributed by atoms with Gasteiger partial charge in [-0.1, -0.05) is 24.3 Å². The van der Waals surface area contributed by atoms with Crippen LogP contribution in [0.3, 0.4) is 0 Å². The van der Waals surface area contributed by atoms with Crippen LogP contribution >= 0.6 is 0 Å². The molecule has 6 heteroatoms. The Hall–Kier alpha value is -3.15. The molecular weight excluding hydrogens is 292 g/mol. The Labute approximate surface area is 132 Å². The number of nitrogens with one attached hydrogen (secondary N) is 3. The maximum atomic E-state index is 11.8. The van der Waals surface area contributed by atoms with Crippen molar-refractivity contribution in [1.29, 1.82) is 0 Å². The highest BCUT2D eigenvalue weighted by Gasteiger charge is 2.13. The normalized spacial score (nSPS) is 10.5. The monoisotopic (exact) mass is 308 g/mol. The third kappa shape index (κ3) is 3.55. The second-order valence-corrected chi connectivity index (χ2v) is 5.18. The molecule has 3 aromatic rings. The molecule has 2 aromatic carbocycles. The van der Waals surface area contributed by atoms with Gasteiger partial charge in [0.25, 0.3) is 0 Å². The van der Waals surface area contributed by atoms with Gasteiger partial charge in [-0.15, -0.1) is 0 Å². The molecule has 0 radical (unpaired) electrons. The molecule has 0 saturated carbocycles. The second kappa shape index (κ2) is 6.31. The first kappa shape index (κ1) is 14.8. The van der Waals surface area contributed by atoms with Gasteiger partial charge in [-0.2, -0.15) is 0 Å². The van der Waals surface area contributed by atoms with Crippen LogP contribution in [-0.2, 0) is 16.1 Å². The standard InChI is InChI=1S/C17H16N4O2/c1-11-19-14-8-7-12(9-15(14)20-11)10-18-16(22)17(23)21-13-5-3-2-4-6-13/h2-9H,10H2,1H3,(H,18,22)(H,19,20)(H,21,23). The number of anilines is 1. The number of aromatic amines is 1. The molecule has 0 fully saturated rings. The smallest absolute Gasteiger partial charge is 0.313 e. The van der Waals surface area contributed by atoms with E-state index in [0.717, 1.165) is 22.4 Å². The summed E-state index contributed by atoms with van der Waals surface area (Å²) in [7, 11) is 0. The molecule has 0 bridgehead atoms. The van der Waals surface area contributed by atoms with Crippen molar-refractivity contribution in [3.05, 3.63) is 59.9 Å². The Morgan fingerprint density at radius 3 is 2.65 bits per heavy atom. The lowest BCUT2D eigenvalue weighted by molar-refractivity contribution is -0.136. The molecular formula is C17H16N4O2. The number of carbonyl (C=O) groups excluding carboxylic acids is 2. The van der Waals surface area contributed by atoms with Gasteiger partial charge in [-0.3, -0.25) is 9.59 Å². The summed E-state index contributed by atoms with van der Waals surface area (Å²) in [5.41, 5.74) is 3.26. The van der Waals surface area contributed by atoms with Gasteiger partial charge < -0.3 is 15.6 Å². The summed E-state index contributed by atoms with van der Waals surface area (Å²) in [4.78, 5) is 31.1. The van der Waals surface area contributed by atoms with E-state index in [1.165, 1.54) is 0 Å². The SMILES string of the molecule is Cc1nc2ccc(CNC(=O)C(=O)Nc3ccccc3)cc2[nH]1. The molecule has 23 heavy (non-hydrogen) atoms. The number of imidazole rings is 1. The van der Waals surface area contributed by atoms with Crippen LogP contribution in [0.5, 0.6) is 0 Å². The molecule has 3 rings (SSSR count). The van der Waals surface area contributed by atoms with Gasteiger partial charge in [-0.25, -0.2) is 4.98 Å². The average Bonchev–Trinajstić information content (AvgIpc) is 2.92. The van der Waals surface area contributed by atoms with E-state index in [2.05, 4.69) is 20.6 Å². The lowest BCUT2D eigenvalue weighted by Crippen LogP contribution is -2.34. The van der Waals surface area contributed by atoms with Crippen molar-refractivity contribution in [3.8, 4) is 0 Å². The first-order valence-corrected chi connectivity index (χ1v) is 7.21. The number of carbonyl (C=O) groups is 2. The number of para-hydroxylation sites is 1. The molecule has 2 amide bonds. The number of fused-ring (bicyclic) bond motifs is 1. The van der Waals surface area contributed by atoms with Crippen molar-refractivity contribution >= 4 is 28.5 Å². The summed E-state index contributed by atoms with van der Waals surface area (Å²) >= 11 is 0. The molecule has 0 spiro atoms. The number of benzene rings is 2.